The molecule has 1 atom stereocenters. The van der Waals surface area contributed by atoms with Crippen LogP contribution in [-0.4, -0.2) is 9.78 Å². The predicted octanol–water partition coefficient (Wildman–Crippen LogP) is 5.01. The van der Waals surface area contributed by atoms with Gasteiger partial charge in [-0.3, -0.25) is 0 Å². The number of nitrogens with two attached hydrogens (primary N) is 1. The average molecular weight is 411 g/mol. The SMILES string of the molecule is Cc1ccccc1-n1nc(C)c2c1OC(N)=C(C#N)[C@H]2c1c(Cl)cccc1Cl. The second-order valence-electron chi connectivity index (χ2n) is 6.56. The van der Waals surface area contributed by atoms with Gasteiger partial charge in [0, 0.05) is 15.6 Å². The first kappa shape index (κ1) is 18.4. The molecule has 0 unspecified atom stereocenters. The van der Waals surface area contributed by atoms with Gasteiger partial charge in [0.2, 0.25) is 11.8 Å². The summed E-state index contributed by atoms with van der Waals surface area (Å²) in [6.07, 6.45) is 0. The maximum atomic E-state index is 9.78. The molecule has 1 aliphatic rings. The van der Waals surface area contributed by atoms with E-state index in [-0.39, 0.29) is 11.5 Å². The normalized spacial score (nSPS) is 15.8. The second-order valence-corrected chi connectivity index (χ2v) is 7.38. The number of allylic oxidation sites excluding steroid dienone is 1. The number of ether oxygens (including phenoxy) is 1. The van der Waals surface area contributed by atoms with Crippen molar-refractivity contribution < 1.29 is 4.74 Å². The van der Waals surface area contributed by atoms with Gasteiger partial charge in [-0.2, -0.15) is 15.0 Å². The maximum Gasteiger partial charge on any atom is 0.229 e. The van der Waals surface area contributed by atoms with E-state index in [9.17, 15) is 5.26 Å². The molecule has 7 heteroatoms. The molecule has 3 aromatic rings. The molecular formula is C21H16Cl2N4O. The number of halogens is 2. The van der Waals surface area contributed by atoms with Crippen LogP contribution in [-0.2, 0) is 0 Å². The molecule has 0 aliphatic carbocycles. The Morgan fingerprint density at radius 1 is 1.07 bits per heavy atom. The van der Waals surface area contributed by atoms with Gasteiger partial charge in [0.1, 0.15) is 11.6 Å². The fourth-order valence-corrected chi connectivity index (χ4v) is 4.17. The lowest BCUT2D eigenvalue weighted by molar-refractivity contribution is 0.367. The maximum absolute atomic E-state index is 9.78. The number of aryl methyl sites for hydroxylation is 2. The number of fused-ring (bicyclic) bond motifs is 1. The molecule has 1 aromatic heterocycles. The predicted molar refractivity (Wildman–Crippen MR) is 109 cm³/mol. The lowest BCUT2D eigenvalue weighted by atomic mass is 9.84. The number of aromatic nitrogens is 2. The Bertz CT molecular complexity index is 1150. The van der Waals surface area contributed by atoms with Crippen LogP contribution in [0.5, 0.6) is 5.88 Å². The number of hydrogen-bond acceptors (Lipinski definition) is 4. The van der Waals surface area contributed by atoms with E-state index in [0.29, 0.717) is 27.2 Å². The third kappa shape index (κ3) is 2.73. The van der Waals surface area contributed by atoms with Crippen LogP contribution in [0.3, 0.4) is 0 Å². The molecule has 2 heterocycles. The van der Waals surface area contributed by atoms with Crippen molar-refractivity contribution in [1.82, 2.24) is 9.78 Å². The molecule has 0 fully saturated rings. The number of hydrogen-bond donors (Lipinski definition) is 1. The lowest BCUT2D eigenvalue weighted by Gasteiger charge is -2.26. The summed E-state index contributed by atoms with van der Waals surface area (Å²) in [6.45, 7) is 3.86. The van der Waals surface area contributed by atoms with E-state index in [0.717, 1.165) is 16.8 Å². The molecule has 0 radical (unpaired) electrons. The van der Waals surface area contributed by atoms with Crippen LogP contribution in [0.2, 0.25) is 10.0 Å². The summed E-state index contributed by atoms with van der Waals surface area (Å²) in [5.41, 5.74) is 10.3. The monoisotopic (exact) mass is 410 g/mol. The highest BCUT2D eigenvalue weighted by Gasteiger charge is 2.38. The minimum atomic E-state index is -0.562. The Labute approximate surface area is 172 Å². The minimum Gasteiger partial charge on any atom is -0.422 e. The van der Waals surface area contributed by atoms with E-state index in [2.05, 4.69) is 11.2 Å². The minimum absolute atomic E-state index is 0.0192. The van der Waals surface area contributed by atoms with Crippen molar-refractivity contribution in [2.45, 2.75) is 19.8 Å². The smallest absolute Gasteiger partial charge is 0.229 e. The van der Waals surface area contributed by atoms with E-state index < -0.39 is 5.92 Å². The van der Waals surface area contributed by atoms with Gasteiger partial charge >= 0.3 is 0 Å². The zero-order chi connectivity index (χ0) is 20.0. The number of para-hydroxylation sites is 1. The molecule has 0 spiro atoms. The van der Waals surface area contributed by atoms with Gasteiger partial charge in [0.05, 0.1) is 22.9 Å². The first-order valence-electron chi connectivity index (χ1n) is 8.61. The van der Waals surface area contributed by atoms with Crippen molar-refractivity contribution in [3.8, 4) is 17.6 Å². The van der Waals surface area contributed by atoms with Crippen molar-refractivity contribution in [1.29, 1.82) is 5.26 Å². The zero-order valence-corrected chi connectivity index (χ0v) is 16.7. The number of rotatable bonds is 2. The molecule has 28 heavy (non-hydrogen) atoms. The summed E-state index contributed by atoms with van der Waals surface area (Å²) in [5.74, 6) is -0.0808. The van der Waals surface area contributed by atoms with Crippen LogP contribution in [0.4, 0.5) is 0 Å². The summed E-state index contributed by atoms with van der Waals surface area (Å²) >= 11 is 13.0. The molecule has 5 nitrogen and oxygen atoms in total. The van der Waals surface area contributed by atoms with E-state index >= 15 is 0 Å². The molecule has 2 aromatic carbocycles. The first-order valence-corrected chi connectivity index (χ1v) is 9.36. The summed E-state index contributed by atoms with van der Waals surface area (Å²) < 4.78 is 7.58. The number of nitriles is 1. The molecule has 2 N–H and O–H groups in total. The summed E-state index contributed by atoms with van der Waals surface area (Å²) in [5, 5.41) is 15.4. The van der Waals surface area contributed by atoms with Gasteiger partial charge in [-0.1, -0.05) is 47.5 Å². The Morgan fingerprint density at radius 2 is 1.75 bits per heavy atom. The van der Waals surface area contributed by atoms with Gasteiger partial charge in [0.25, 0.3) is 0 Å². The average Bonchev–Trinajstić information content (AvgIpc) is 2.97. The highest BCUT2D eigenvalue weighted by atomic mass is 35.5. The summed E-state index contributed by atoms with van der Waals surface area (Å²) in [4.78, 5) is 0. The van der Waals surface area contributed by atoms with Crippen molar-refractivity contribution >= 4 is 23.2 Å². The summed E-state index contributed by atoms with van der Waals surface area (Å²) in [6, 6.07) is 15.2. The van der Waals surface area contributed by atoms with E-state index in [1.165, 1.54) is 0 Å². The van der Waals surface area contributed by atoms with Gasteiger partial charge in [-0.25, -0.2) is 0 Å². The Morgan fingerprint density at radius 3 is 2.39 bits per heavy atom. The van der Waals surface area contributed by atoms with E-state index in [1.807, 2.05) is 38.1 Å². The largest absolute Gasteiger partial charge is 0.422 e. The fraction of sp³-hybridized carbons (Fsp3) is 0.143. The molecule has 4 rings (SSSR count). The Hall–Kier alpha value is -2.94. The fourth-order valence-electron chi connectivity index (χ4n) is 3.55. The van der Waals surface area contributed by atoms with Crippen LogP contribution < -0.4 is 10.5 Å². The van der Waals surface area contributed by atoms with Crippen molar-refractivity contribution in [2.75, 3.05) is 0 Å². The van der Waals surface area contributed by atoms with Gasteiger partial charge in [-0.15, -0.1) is 0 Å². The van der Waals surface area contributed by atoms with E-state index in [1.54, 1.807) is 22.9 Å². The van der Waals surface area contributed by atoms with Crippen molar-refractivity contribution in [3.05, 3.63) is 86.4 Å². The topological polar surface area (TPSA) is 76.9 Å². The van der Waals surface area contributed by atoms with Crippen molar-refractivity contribution in [2.24, 2.45) is 5.73 Å². The lowest BCUT2D eigenvalue weighted by Crippen LogP contribution is -2.22. The van der Waals surface area contributed by atoms with Gasteiger partial charge in [0.15, 0.2) is 0 Å². The Kier molecular flexibility index (Phi) is 4.54. The second kappa shape index (κ2) is 6.90. The van der Waals surface area contributed by atoms with Crippen LogP contribution in [0.15, 0.2) is 53.9 Å². The molecule has 0 bridgehead atoms. The zero-order valence-electron chi connectivity index (χ0n) is 15.2. The highest BCUT2D eigenvalue weighted by molar-refractivity contribution is 6.36. The molecular weight excluding hydrogens is 395 g/mol. The molecule has 0 amide bonds. The molecule has 0 saturated heterocycles. The third-order valence-corrected chi connectivity index (χ3v) is 5.52. The molecule has 140 valence electrons. The Balaban J connectivity index is 2.03. The summed E-state index contributed by atoms with van der Waals surface area (Å²) in [7, 11) is 0. The first-order chi connectivity index (χ1) is 13.4. The molecule has 1 aliphatic heterocycles. The third-order valence-electron chi connectivity index (χ3n) is 4.86. The quantitative estimate of drug-likeness (QED) is 0.643. The number of nitrogens with zero attached hydrogens (tertiary/aromatic N) is 3. The van der Waals surface area contributed by atoms with Crippen LogP contribution in [0.1, 0.15) is 28.3 Å². The van der Waals surface area contributed by atoms with Gasteiger partial charge < -0.3 is 10.5 Å². The van der Waals surface area contributed by atoms with Crippen LogP contribution in [0, 0.1) is 25.2 Å². The van der Waals surface area contributed by atoms with Crippen LogP contribution >= 0.6 is 23.2 Å². The van der Waals surface area contributed by atoms with E-state index in [4.69, 9.17) is 33.7 Å². The molecule has 0 saturated carbocycles. The number of benzene rings is 2. The van der Waals surface area contributed by atoms with Crippen LogP contribution in [0.25, 0.3) is 5.69 Å². The highest BCUT2D eigenvalue weighted by Crippen LogP contribution is 2.48. The standard InChI is InChI=1S/C21H16Cl2N4O/c1-11-6-3-4-9-16(11)27-21-17(12(2)26-27)18(13(10-24)20(25)28-21)19-14(22)7-5-8-15(19)23/h3-9,18H,25H2,1-2H3/t18-/m1/s1. The van der Waals surface area contributed by atoms with Gasteiger partial charge in [-0.05, 0) is 37.6 Å². The van der Waals surface area contributed by atoms with Crippen molar-refractivity contribution in [3.63, 3.8) is 0 Å².